The Kier molecular flexibility index (Phi) is 9.60. The molecule has 8 heteroatoms. The number of hydrogen-bond donors (Lipinski definition) is 0. The van der Waals surface area contributed by atoms with Crippen molar-refractivity contribution in [2.75, 3.05) is 31.8 Å². The first-order chi connectivity index (χ1) is 16.8. The minimum Gasteiger partial charge on any atom is -0.486 e. The van der Waals surface area contributed by atoms with E-state index < -0.39 is 0 Å². The largest absolute Gasteiger partial charge is 0.486 e. The summed E-state index contributed by atoms with van der Waals surface area (Å²) in [7, 11) is 5.87. The predicted molar refractivity (Wildman–Crippen MR) is 143 cm³/mol. The second-order valence-corrected chi connectivity index (χ2v) is 10.2. The monoisotopic (exact) mass is 495 g/mol. The van der Waals surface area contributed by atoms with E-state index in [0.29, 0.717) is 24.8 Å². The molecule has 188 valence electrons. The zero-order valence-corrected chi connectivity index (χ0v) is 22.5. The maximum Gasteiger partial charge on any atom is 0.233 e. The van der Waals surface area contributed by atoms with Gasteiger partial charge >= 0.3 is 0 Å². The normalized spacial score (nSPS) is 11.1. The van der Waals surface area contributed by atoms with Crippen molar-refractivity contribution in [3.63, 3.8) is 0 Å². The lowest BCUT2D eigenvalue weighted by molar-refractivity contribution is -0.127. The van der Waals surface area contributed by atoms with Gasteiger partial charge in [0.2, 0.25) is 5.91 Å². The van der Waals surface area contributed by atoms with E-state index >= 15 is 0 Å². The van der Waals surface area contributed by atoms with E-state index in [4.69, 9.17) is 4.74 Å². The van der Waals surface area contributed by atoms with Crippen molar-refractivity contribution < 1.29 is 9.53 Å². The van der Waals surface area contributed by atoms with Gasteiger partial charge in [-0.1, -0.05) is 56.8 Å². The first kappa shape index (κ1) is 26.6. The zero-order chi connectivity index (χ0) is 25.4. The number of aromatic nitrogens is 3. The summed E-state index contributed by atoms with van der Waals surface area (Å²) in [5.74, 6) is 2.35. The minimum absolute atomic E-state index is 0.0552. The van der Waals surface area contributed by atoms with Crippen LogP contribution < -0.4 is 9.64 Å². The Labute approximate surface area is 213 Å². The number of nitrogens with zero attached hydrogens (tertiary/aromatic N) is 5. The highest BCUT2D eigenvalue weighted by Gasteiger charge is 2.17. The number of carbonyl (C=O) groups excluding carboxylic acids is 1. The molecule has 0 aliphatic heterocycles. The second-order valence-electron chi connectivity index (χ2n) is 9.29. The van der Waals surface area contributed by atoms with Gasteiger partial charge in [-0.05, 0) is 47.7 Å². The SMILES string of the molecule is CCc1ccc(OCc2nnc(SCC(=O)N(C)Cc3ccc(N(C)C)cc3)n2CC(C)C)cc1. The van der Waals surface area contributed by atoms with Gasteiger partial charge in [-0.3, -0.25) is 4.79 Å². The van der Waals surface area contributed by atoms with Crippen molar-refractivity contribution in [2.24, 2.45) is 5.92 Å². The number of amides is 1. The molecule has 0 fully saturated rings. The molecule has 0 unspecified atom stereocenters. The third-order valence-electron chi connectivity index (χ3n) is 5.66. The van der Waals surface area contributed by atoms with Crippen LogP contribution in [0.3, 0.4) is 0 Å². The van der Waals surface area contributed by atoms with Crippen LogP contribution in [0, 0.1) is 5.92 Å². The van der Waals surface area contributed by atoms with Crippen molar-refractivity contribution in [1.82, 2.24) is 19.7 Å². The second kappa shape index (κ2) is 12.6. The lowest BCUT2D eigenvalue weighted by Gasteiger charge is -2.18. The van der Waals surface area contributed by atoms with Crippen molar-refractivity contribution in [3.05, 3.63) is 65.5 Å². The molecular weight excluding hydrogens is 458 g/mol. The third kappa shape index (κ3) is 7.75. The molecule has 0 atom stereocenters. The molecule has 3 aromatic rings. The highest BCUT2D eigenvalue weighted by atomic mass is 32.2. The summed E-state index contributed by atoms with van der Waals surface area (Å²) in [5.41, 5.74) is 3.52. The van der Waals surface area contributed by atoms with E-state index in [1.807, 2.05) is 33.3 Å². The standard InChI is InChI=1S/C27H37N5O2S/c1-7-21-10-14-24(15-11-21)34-18-25-28-29-27(32(25)16-20(2)3)35-19-26(33)31(6)17-22-8-12-23(13-9-22)30(4)5/h8-15,20H,7,16-19H2,1-6H3. The highest BCUT2D eigenvalue weighted by Crippen LogP contribution is 2.21. The van der Waals surface area contributed by atoms with Gasteiger partial charge in [-0.15, -0.1) is 10.2 Å². The first-order valence-electron chi connectivity index (χ1n) is 12.0. The van der Waals surface area contributed by atoms with Gasteiger partial charge in [-0.2, -0.15) is 0 Å². The predicted octanol–water partition coefficient (Wildman–Crippen LogP) is 4.89. The number of rotatable bonds is 12. The highest BCUT2D eigenvalue weighted by molar-refractivity contribution is 7.99. The molecule has 2 aromatic carbocycles. The number of thioether (sulfide) groups is 1. The van der Waals surface area contributed by atoms with E-state index in [1.54, 1.807) is 4.90 Å². The Bertz CT molecular complexity index is 1080. The van der Waals surface area contributed by atoms with Gasteiger partial charge in [-0.25, -0.2) is 0 Å². The number of aryl methyl sites for hydroxylation is 1. The van der Waals surface area contributed by atoms with E-state index in [9.17, 15) is 4.79 Å². The van der Waals surface area contributed by atoms with Crippen LogP contribution in [0.15, 0.2) is 53.7 Å². The molecule has 0 radical (unpaired) electrons. The summed E-state index contributed by atoms with van der Waals surface area (Å²) >= 11 is 1.43. The topological polar surface area (TPSA) is 63.5 Å². The summed E-state index contributed by atoms with van der Waals surface area (Å²) in [5, 5.41) is 9.49. The Morgan fingerprint density at radius 2 is 1.66 bits per heavy atom. The van der Waals surface area contributed by atoms with Crippen LogP contribution in [0.5, 0.6) is 5.75 Å². The third-order valence-corrected chi connectivity index (χ3v) is 6.62. The number of anilines is 1. The molecule has 0 aliphatic carbocycles. The summed E-state index contributed by atoms with van der Waals surface area (Å²) < 4.78 is 8.04. The van der Waals surface area contributed by atoms with Crippen molar-refractivity contribution in [2.45, 2.75) is 52.0 Å². The van der Waals surface area contributed by atoms with Gasteiger partial charge in [0.25, 0.3) is 0 Å². The van der Waals surface area contributed by atoms with Crippen LogP contribution in [-0.4, -0.2) is 52.5 Å². The van der Waals surface area contributed by atoms with E-state index in [1.165, 1.54) is 17.3 Å². The molecule has 7 nitrogen and oxygen atoms in total. The van der Waals surface area contributed by atoms with Crippen LogP contribution in [0.1, 0.15) is 37.7 Å². The maximum atomic E-state index is 12.8. The first-order valence-corrected chi connectivity index (χ1v) is 13.0. The van der Waals surface area contributed by atoms with Crippen molar-refractivity contribution in [1.29, 1.82) is 0 Å². The van der Waals surface area contributed by atoms with Crippen molar-refractivity contribution in [3.8, 4) is 5.75 Å². The molecule has 0 aliphatic rings. The van der Waals surface area contributed by atoms with Crippen LogP contribution in [0.4, 0.5) is 5.69 Å². The average molecular weight is 496 g/mol. The molecule has 0 saturated carbocycles. The van der Waals surface area contributed by atoms with Crippen LogP contribution in [0.2, 0.25) is 0 Å². The van der Waals surface area contributed by atoms with E-state index in [-0.39, 0.29) is 5.91 Å². The Morgan fingerprint density at radius 3 is 2.26 bits per heavy atom. The Morgan fingerprint density at radius 1 is 1.00 bits per heavy atom. The van der Waals surface area contributed by atoms with E-state index in [2.05, 4.69) is 76.8 Å². The number of hydrogen-bond acceptors (Lipinski definition) is 6. The quantitative estimate of drug-likeness (QED) is 0.333. The lowest BCUT2D eigenvalue weighted by Crippen LogP contribution is -2.28. The van der Waals surface area contributed by atoms with Gasteiger partial charge < -0.3 is 19.1 Å². The van der Waals surface area contributed by atoms with Gasteiger partial charge in [0.05, 0.1) is 5.75 Å². The number of carbonyl (C=O) groups is 1. The molecule has 1 amide bonds. The molecule has 3 rings (SSSR count). The smallest absolute Gasteiger partial charge is 0.233 e. The van der Waals surface area contributed by atoms with Crippen LogP contribution >= 0.6 is 11.8 Å². The summed E-state index contributed by atoms with van der Waals surface area (Å²) in [4.78, 5) is 16.6. The van der Waals surface area contributed by atoms with Gasteiger partial charge in [0, 0.05) is 39.9 Å². The van der Waals surface area contributed by atoms with Crippen LogP contribution in [-0.2, 0) is 30.9 Å². The minimum atomic E-state index is 0.0552. The molecule has 0 spiro atoms. The Hall–Kier alpha value is -3.00. The van der Waals surface area contributed by atoms with Crippen LogP contribution in [0.25, 0.3) is 0 Å². The average Bonchev–Trinajstić information content (AvgIpc) is 3.22. The molecule has 1 heterocycles. The fourth-order valence-electron chi connectivity index (χ4n) is 3.55. The Balaban J connectivity index is 1.59. The summed E-state index contributed by atoms with van der Waals surface area (Å²) in [6.45, 7) is 8.12. The molecule has 1 aromatic heterocycles. The molecular formula is C27H37N5O2S. The summed E-state index contributed by atoms with van der Waals surface area (Å²) in [6, 6.07) is 16.4. The number of benzene rings is 2. The molecule has 0 saturated heterocycles. The maximum absolute atomic E-state index is 12.8. The fraction of sp³-hybridized carbons (Fsp3) is 0.444. The van der Waals surface area contributed by atoms with Gasteiger partial charge in [0.15, 0.2) is 11.0 Å². The van der Waals surface area contributed by atoms with E-state index in [0.717, 1.165) is 40.9 Å². The molecule has 35 heavy (non-hydrogen) atoms. The van der Waals surface area contributed by atoms with Crippen molar-refractivity contribution >= 4 is 23.4 Å². The zero-order valence-electron chi connectivity index (χ0n) is 21.7. The lowest BCUT2D eigenvalue weighted by atomic mass is 10.2. The number of ether oxygens (including phenoxy) is 1. The van der Waals surface area contributed by atoms with Gasteiger partial charge in [0.1, 0.15) is 12.4 Å². The molecule has 0 N–H and O–H groups in total. The molecule has 0 bridgehead atoms. The summed E-state index contributed by atoms with van der Waals surface area (Å²) in [6.07, 6.45) is 1.00. The fourth-order valence-corrected chi connectivity index (χ4v) is 4.46.